The maximum absolute atomic E-state index is 12.1. The van der Waals surface area contributed by atoms with E-state index in [9.17, 15) is 9.90 Å². The lowest BCUT2D eigenvalue weighted by Crippen LogP contribution is -2.13. The van der Waals surface area contributed by atoms with Gasteiger partial charge in [-0.05, 0) is 48.9 Å². The van der Waals surface area contributed by atoms with Crippen molar-refractivity contribution in [3.63, 3.8) is 0 Å². The molecule has 0 saturated heterocycles. The molecule has 0 spiro atoms. The molecule has 1 amide bonds. The van der Waals surface area contributed by atoms with Crippen LogP contribution < -0.4 is 5.32 Å². The van der Waals surface area contributed by atoms with Crippen molar-refractivity contribution in [2.75, 3.05) is 5.32 Å². The standard InChI is InChI=1S/C14H11Cl2NO2/c1-8-4-12(18)2-3-13(8)14(19)17-11-6-9(15)5-10(16)7-11/h2-7,18H,1H3,(H,17,19). The van der Waals surface area contributed by atoms with Crippen LogP contribution in [0, 0.1) is 6.92 Å². The van der Waals surface area contributed by atoms with Gasteiger partial charge in [0.25, 0.3) is 5.91 Å². The van der Waals surface area contributed by atoms with Crippen molar-refractivity contribution in [3.8, 4) is 5.75 Å². The predicted octanol–water partition coefficient (Wildman–Crippen LogP) is 4.26. The van der Waals surface area contributed by atoms with Crippen LogP contribution in [0.15, 0.2) is 36.4 Å². The Hall–Kier alpha value is -1.71. The summed E-state index contributed by atoms with van der Waals surface area (Å²) in [6.45, 7) is 1.75. The van der Waals surface area contributed by atoms with E-state index in [4.69, 9.17) is 23.2 Å². The van der Waals surface area contributed by atoms with Crippen LogP contribution >= 0.6 is 23.2 Å². The number of phenolic OH excluding ortho intramolecular Hbond substituents is 1. The number of carbonyl (C=O) groups is 1. The number of anilines is 1. The molecule has 0 bridgehead atoms. The zero-order chi connectivity index (χ0) is 14.0. The van der Waals surface area contributed by atoms with Crippen molar-refractivity contribution >= 4 is 34.8 Å². The Kier molecular flexibility index (Phi) is 3.98. The van der Waals surface area contributed by atoms with Crippen LogP contribution in [-0.2, 0) is 0 Å². The van der Waals surface area contributed by atoms with Gasteiger partial charge in [-0.1, -0.05) is 23.2 Å². The first-order valence-corrected chi connectivity index (χ1v) is 6.28. The minimum Gasteiger partial charge on any atom is -0.508 e. The second kappa shape index (κ2) is 5.51. The molecule has 0 aliphatic rings. The largest absolute Gasteiger partial charge is 0.508 e. The van der Waals surface area contributed by atoms with Gasteiger partial charge in [0.05, 0.1) is 0 Å². The number of rotatable bonds is 2. The Balaban J connectivity index is 2.25. The summed E-state index contributed by atoms with van der Waals surface area (Å²) in [4.78, 5) is 12.1. The van der Waals surface area contributed by atoms with Gasteiger partial charge in [-0.3, -0.25) is 4.79 Å². The van der Waals surface area contributed by atoms with Crippen LogP contribution in [0.3, 0.4) is 0 Å². The van der Waals surface area contributed by atoms with E-state index >= 15 is 0 Å². The van der Waals surface area contributed by atoms with Crippen molar-refractivity contribution in [3.05, 3.63) is 57.6 Å². The highest BCUT2D eigenvalue weighted by Crippen LogP contribution is 2.23. The Bertz CT molecular complexity index is 621. The fourth-order valence-corrected chi connectivity index (χ4v) is 2.25. The van der Waals surface area contributed by atoms with E-state index in [2.05, 4.69) is 5.32 Å². The molecule has 2 N–H and O–H groups in total. The predicted molar refractivity (Wildman–Crippen MR) is 77.3 cm³/mol. The van der Waals surface area contributed by atoms with Gasteiger partial charge in [-0.15, -0.1) is 0 Å². The molecule has 2 rings (SSSR count). The lowest BCUT2D eigenvalue weighted by atomic mass is 10.1. The van der Waals surface area contributed by atoms with E-state index in [-0.39, 0.29) is 11.7 Å². The highest BCUT2D eigenvalue weighted by atomic mass is 35.5. The Morgan fingerprint density at radius 3 is 2.32 bits per heavy atom. The number of nitrogens with one attached hydrogen (secondary N) is 1. The number of halogens is 2. The van der Waals surface area contributed by atoms with Gasteiger partial charge in [0.15, 0.2) is 0 Å². The molecule has 0 fully saturated rings. The molecular formula is C14H11Cl2NO2. The molecule has 3 nitrogen and oxygen atoms in total. The molecule has 19 heavy (non-hydrogen) atoms. The van der Waals surface area contributed by atoms with Gasteiger partial charge in [0, 0.05) is 21.3 Å². The van der Waals surface area contributed by atoms with Gasteiger partial charge in [-0.2, -0.15) is 0 Å². The van der Waals surface area contributed by atoms with Crippen molar-refractivity contribution < 1.29 is 9.90 Å². The first-order valence-electron chi connectivity index (χ1n) is 5.53. The van der Waals surface area contributed by atoms with Crippen molar-refractivity contribution in [1.29, 1.82) is 0 Å². The van der Waals surface area contributed by atoms with E-state index < -0.39 is 0 Å². The number of hydrogen-bond donors (Lipinski definition) is 2. The normalized spacial score (nSPS) is 10.3. The van der Waals surface area contributed by atoms with Gasteiger partial charge >= 0.3 is 0 Å². The maximum atomic E-state index is 12.1. The molecule has 0 aromatic heterocycles. The SMILES string of the molecule is Cc1cc(O)ccc1C(=O)Nc1cc(Cl)cc(Cl)c1. The van der Waals surface area contributed by atoms with Crippen molar-refractivity contribution in [2.24, 2.45) is 0 Å². The average Bonchev–Trinajstić information content (AvgIpc) is 2.26. The third-order valence-corrected chi connectivity index (χ3v) is 3.01. The number of amides is 1. The highest BCUT2D eigenvalue weighted by molar-refractivity contribution is 6.35. The lowest BCUT2D eigenvalue weighted by Gasteiger charge is -2.08. The number of aryl methyl sites for hydroxylation is 1. The average molecular weight is 296 g/mol. The molecule has 0 aliphatic carbocycles. The Morgan fingerprint density at radius 2 is 1.74 bits per heavy atom. The summed E-state index contributed by atoms with van der Waals surface area (Å²) in [6, 6.07) is 9.37. The van der Waals surface area contributed by atoms with Crippen LogP contribution in [-0.4, -0.2) is 11.0 Å². The fraction of sp³-hybridized carbons (Fsp3) is 0.0714. The molecule has 2 aromatic carbocycles. The molecule has 0 heterocycles. The summed E-state index contributed by atoms with van der Waals surface area (Å²) in [6.07, 6.45) is 0. The smallest absolute Gasteiger partial charge is 0.255 e. The molecule has 5 heteroatoms. The van der Waals surface area contributed by atoms with E-state index in [1.165, 1.54) is 12.1 Å². The zero-order valence-corrected chi connectivity index (χ0v) is 11.6. The summed E-state index contributed by atoms with van der Waals surface area (Å²) in [5.74, 6) is -0.157. The van der Waals surface area contributed by atoms with Crippen molar-refractivity contribution in [2.45, 2.75) is 6.92 Å². The van der Waals surface area contributed by atoms with Gasteiger partial charge in [0.2, 0.25) is 0 Å². The molecular weight excluding hydrogens is 285 g/mol. The van der Waals surface area contributed by atoms with Crippen LogP contribution in [0.25, 0.3) is 0 Å². The van der Waals surface area contributed by atoms with Crippen LogP contribution in [0.2, 0.25) is 10.0 Å². The fourth-order valence-electron chi connectivity index (χ4n) is 1.73. The third kappa shape index (κ3) is 3.40. The van der Waals surface area contributed by atoms with Crippen LogP contribution in [0.5, 0.6) is 5.75 Å². The van der Waals surface area contributed by atoms with Crippen LogP contribution in [0.1, 0.15) is 15.9 Å². The number of phenols is 1. The first-order chi connectivity index (χ1) is 8.95. The Labute approximate surface area is 120 Å². The van der Waals surface area contributed by atoms with Gasteiger partial charge in [0.1, 0.15) is 5.75 Å². The van der Waals surface area contributed by atoms with E-state index in [1.54, 1.807) is 31.2 Å². The topological polar surface area (TPSA) is 49.3 Å². The second-order valence-electron chi connectivity index (χ2n) is 4.11. The number of carbonyl (C=O) groups excluding carboxylic acids is 1. The van der Waals surface area contributed by atoms with E-state index in [0.717, 1.165) is 0 Å². The highest BCUT2D eigenvalue weighted by Gasteiger charge is 2.10. The molecule has 0 unspecified atom stereocenters. The minimum absolute atomic E-state index is 0.125. The van der Waals surface area contributed by atoms with E-state index in [1.807, 2.05) is 0 Å². The zero-order valence-electron chi connectivity index (χ0n) is 10.1. The molecule has 98 valence electrons. The maximum Gasteiger partial charge on any atom is 0.255 e. The molecule has 0 aliphatic heterocycles. The minimum atomic E-state index is -0.282. The quantitative estimate of drug-likeness (QED) is 0.870. The van der Waals surface area contributed by atoms with Crippen molar-refractivity contribution in [1.82, 2.24) is 0 Å². The summed E-state index contributed by atoms with van der Waals surface area (Å²) in [7, 11) is 0. The second-order valence-corrected chi connectivity index (χ2v) is 4.98. The molecule has 0 radical (unpaired) electrons. The monoisotopic (exact) mass is 295 g/mol. The lowest BCUT2D eigenvalue weighted by molar-refractivity contribution is 0.102. The first kappa shape index (κ1) is 13.7. The summed E-state index contributed by atoms with van der Waals surface area (Å²) >= 11 is 11.7. The Morgan fingerprint density at radius 1 is 1.11 bits per heavy atom. The van der Waals surface area contributed by atoms with E-state index in [0.29, 0.717) is 26.9 Å². The van der Waals surface area contributed by atoms with Crippen LogP contribution in [0.4, 0.5) is 5.69 Å². The number of aromatic hydroxyl groups is 1. The van der Waals surface area contributed by atoms with Gasteiger partial charge < -0.3 is 10.4 Å². The third-order valence-electron chi connectivity index (χ3n) is 2.58. The number of hydrogen-bond acceptors (Lipinski definition) is 2. The summed E-state index contributed by atoms with van der Waals surface area (Å²) in [5.41, 5.74) is 1.69. The molecule has 0 atom stereocenters. The number of benzene rings is 2. The molecule has 2 aromatic rings. The van der Waals surface area contributed by atoms with Gasteiger partial charge in [-0.25, -0.2) is 0 Å². The summed E-state index contributed by atoms with van der Waals surface area (Å²) < 4.78 is 0. The molecule has 0 saturated carbocycles. The summed E-state index contributed by atoms with van der Waals surface area (Å²) in [5, 5.41) is 12.9.